The number of carbonyl (C=O) groups excluding carboxylic acids is 2. The molecular weight excluding hydrogens is 500 g/mol. The van der Waals surface area contributed by atoms with E-state index in [1.807, 2.05) is 6.92 Å². The molecule has 186 valence electrons. The van der Waals surface area contributed by atoms with Gasteiger partial charge in [0.05, 0.1) is 34.9 Å². The molecule has 2 amide bonds. The van der Waals surface area contributed by atoms with Gasteiger partial charge in [0.2, 0.25) is 0 Å². The van der Waals surface area contributed by atoms with Crippen LogP contribution >= 0.6 is 11.3 Å². The first-order valence-electron chi connectivity index (χ1n) is 11.2. The number of para-hydroxylation sites is 1. The average molecular weight is 525 g/mol. The molecule has 0 saturated carbocycles. The molecule has 0 unspecified atom stereocenters. The zero-order valence-electron chi connectivity index (χ0n) is 19.7. The number of aryl methyl sites for hydroxylation is 1. The van der Waals surface area contributed by atoms with Gasteiger partial charge in [0.25, 0.3) is 15.9 Å². The van der Waals surface area contributed by atoms with Gasteiger partial charge in [-0.3, -0.25) is 9.52 Å². The number of sulfonamides is 1. The summed E-state index contributed by atoms with van der Waals surface area (Å²) in [6.45, 7) is 4.56. The Balaban J connectivity index is 1.58. The van der Waals surface area contributed by atoms with Crippen LogP contribution in [0.3, 0.4) is 0 Å². The highest BCUT2D eigenvalue weighted by Crippen LogP contribution is 2.37. The highest BCUT2D eigenvalue weighted by molar-refractivity contribution is 7.92. The van der Waals surface area contributed by atoms with Gasteiger partial charge in [-0.25, -0.2) is 13.2 Å². The summed E-state index contributed by atoms with van der Waals surface area (Å²) >= 11 is 1.22. The van der Waals surface area contributed by atoms with Crippen LogP contribution in [-0.4, -0.2) is 38.5 Å². The number of benzene rings is 2. The molecule has 36 heavy (non-hydrogen) atoms. The fourth-order valence-corrected chi connectivity index (χ4v) is 6.13. The third-order valence-electron chi connectivity index (χ3n) is 5.67. The minimum atomic E-state index is -3.92. The lowest BCUT2D eigenvalue weighted by molar-refractivity contribution is 0.102. The summed E-state index contributed by atoms with van der Waals surface area (Å²) < 4.78 is 33.3. The molecule has 0 bridgehead atoms. The molecule has 0 spiro atoms. The van der Waals surface area contributed by atoms with Crippen molar-refractivity contribution in [2.24, 2.45) is 0 Å². The second kappa shape index (κ2) is 10.4. The van der Waals surface area contributed by atoms with E-state index in [4.69, 9.17) is 4.74 Å². The first-order valence-corrected chi connectivity index (χ1v) is 13.5. The standard InChI is InChI=1S/C25H24N4O5S2/c1-3-34-25(31)29-13-12-18-20(14-26)24(35-22(18)15-29)27-23(30)19-6-4-5-7-21(19)28-36(32,33)17-10-8-16(2)9-11-17/h4-11,28H,3,12-13,15H2,1-2H3,(H,27,30). The predicted molar refractivity (Wildman–Crippen MR) is 137 cm³/mol. The Hall–Kier alpha value is -3.88. The van der Waals surface area contributed by atoms with Gasteiger partial charge in [-0.2, -0.15) is 5.26 Å². The fraction of sp³-hybridized carbons (Fsp3) is 0.240. The Bertz CT molecular complexity index is 1460. The lowest BCUT2D eigenvalue weighted by Gasteiger charge is -2.25. The van der Waals surface area contributed by atoms with Crippen molar-refractivity contribution in [1.82, 2.24) is 4.90 Å². The Morgan fingerprint density at radius 2 is 1.89 bits per heavy atom. The molecule has 0 fully saturated rings. The SMILES string of the molecule is CCOC(=O)N1CCc2c(sc(NC(=O)c3ccccc3NS(=O)(=O)c3ccc(C)cc3)c2C#N)C1. The molecule has 0 radical (unpaired) electrons. The van der Waals surface area contributed by atoms with Crippen LogP contribution < -0.4 is 10.0 Å². The number of rotatable bonds is 6. The number of ether oxygens (including phenoxy) is 1. The van der Waals surface area contributed by atoms with Crippen LogP contribution in [-0.2, 0) is 27.7 Å². The fourth-order valence-electron chi connectivity index (χ4n) is 3.84. The molecule has 2 N–H and O–H groups in total. The first kappa shape index (κ1) is 25.2. The molecule has 4 rings (SSSR count). The summed E-state index contributed by atoms with van der Waals surface area (Å²) in [7, 11) is -3.92. The smallest absolute Gasteiger partial charge is 0.410 e. The van der Waals surface area contributed by atoms with Crippen molar-refractivity contribution in [2.45, 2.75) is 31.7 Å². The van der Waals surface area contributed by atoms with E-state index >= 15 is 0 Å². The summed E-state index contributed by atoms with van der Waals surface area (Å²) in [5, 5.41) is 12.9. The predicted octanol–water partition coefficient (Wildman–Crippen LogP) is 4.50. The number of nitrogens with zero attached hydrogens (tertiary/aromatic N) is 2. The molecular formula is C25H24N4O5S2. The van der Waals surface area contributed by atoms with E-state index in [1.54, 1.807) is 36.1 Å². The van der Waals surface area contributed by atoms with Gasteiger partial charge in [0.1, 0.15) is 11.1 Å². The normalized spacial score (nSPS) is 12.9. The number of carbonyl (C=O) groups is 2. The molecule has 1 aliphatic rings. The number of nitriles is 1. The summed E-state index contributed by atoms with van der Waals surface area (Å²) in [5.41, 5.74) is 2.29. The number of thiophene rings is 1. The largest absolute Gasteiger partial charge is 0.450 e. The highest BCUT2D eigenvalue weighted by atomic mass is 32.2. The lowest BCUT2D eigenvalue weighted by Crippen LogP contribution is -2.35. The minimum absolute atomic E-state index is 0.0761. The maximum absolute atomic E-state index is 13.2. The van der Waals surface area contributed by atoms with Gasteiger partial charge in [0.15, 0.2) is 0 Å². The average Bonchev–Trinajstić information content (AvgIpc) is 3.20. The molecule has 1 aliphatic heterocycles. The summed E-state index contributed by atoms with van der Waals surface area (Å²) in [4.78, 5) is 27.8. The van der Waals surface area contributed by atoms with Gasteiger partial charge in [-0.05, 0) is 50.1 Å². The zero-order valence-corrected chi connectivity index (χ0v) is 21.3. The van der Waals surface area contributed by atoms with Crippen LogP contribution in [0.25, 0.3) is 0 Å². The van der Waals surface area contributed by atoms with Crippen LogP contribution in [0.15, 0.2) is 53.4 Å². The Kier molecular flexibility index (Phi) is 7.28. The van der Waals surface area contributed by atoms with Crippen LogP contribution in [0.1, 0.15) is 38.8 Å². The van der Waals surface area contributed by atoms with Gasteiger partial charge in [-0.15, -0.1) is 11.3 Å². The van der Waals surface area contributed by atoms with E-state index in [0.717, 1.165) is 16.0 Å². The Morgan fingerprint density at radius 3 is 2.58 bits per heavy atom. The number of hydrogen-bond acceptors (Lipinski definition) is 7. The van der Waals surface area contributed by atoms with E-state index in [9.17, 15) is 23.3 Å². The lowest BCUT2D eigenvalue weighted by atomic mass is 10.0. The number of amides is 2. The number of fused-ring (bicyclic) bond motifs is 1. The van der Waals surface area contributed by atoms with Crippen LogP contribution in [0.5, 0.6) is 0 Å². The highest BCUT2D eigenvalue weighted by Gasteiger charge is 2.28. The Labute approximate surface area is 213 Å². The van der Waals surface area contributed by atoms with Crippen molar-refractivity contribution < 1.29 is 22.7 Å². The van der Waals surface area contributed by atoms with E-state index in [0.29, 0.717) is 23.5 Å². The number of anilines is 2. The van der Waals surface area contributed by atoms with E-state index < -0.39 is 22.0 Å². The van der Waals surface area contributed by atoms with E-state index in [2.05, 4.69) is 16.1 Å². The quantitative estimate of drug-likeness (QED) is 0.489. The zero-order chi connectivity index (χ0) is 25.9. The van der Waals surface area contributed by atoms with Crippen molar-refractivity contribution in [1.29, 1.82) is 5.26 Å². The maximum Gasteiger partial charge on any atom is 0.410 e. The molecule has 0 saturated heterocycles. The van der Waals surface area contributed by atoms with Crippen molar-refractivity contribution in [3.8, 4) is 6.07 Å². The summed E-state index contributed by atoms with van der Waals surface area (Å²) in [6.07, 6.45) is 0.0477. The monoisotopic (exact) mass is 524 g/mol. The summed E-state index contributed by atoms with van der Waals surface area (Å²) in [5.74, 6) is -0.561. The summed E-state index contributed by atoms with van der Waals surface area (Å²) in [6, 6.07) is 14.8. The Morgan fingerprint density at radius 1 is 1.17 bits per heavy atom. The molecule has 0 aliphatic carbocycles. The van der Waals surface area contributed by atoms with Crippen molar-refractivity contribution in [2.75, 3.05) is 23.2 Å². The second-order valence-electron chi connectivity index (χ2n) is 8.11. The molecule has 11 heteroatoms. The van der Waals surface area contributed by atoms with Gasteiger partial charge >= 0.3 is 6.09 Å². The third kappa shape index (κ3) is 5.19. The molecule has 9 nitrogen and oxygen atoms in total. The molecule has 2 aromatic carbocycles. The van der Waals surface area contributed by atoms with E-state index in [1.165, 1.54) is 35.6 Å². The topological polar surface area (TPSA) is 129 Å². The van der Waals surface area contributed by atoms with Gasteiger partial charge in [0, 0.05) is 11.4 Å². The molecule has 3 aromatic rings. The molecule has 2 heterocycles. The van der Waals surface area contributed by atoms with Gasteiger partial charge in [-0.1, -0.05) is 29.8 Å². The minimum Gasteiger partial charge on any atom is -0.450 e. The maximum atomic E-state index is 13.2. The van der Waals surface area contributed by atoms with Crippen LogP contribution in [0, 0.1) is 18.3 Å². The number of nitrogens with one attached hydrogen (secondary N) is 2. The first-order chi connectivity index (χ1) is 17.2. The van der Waals surface area contributed by atoms with Crippen molar-refractivity contribution in [3.63, 3.8) is 0 Å². The molecule has 0 atom stereocenters. The third-order valence-corrected chi connectivity index (χ3v) is 8.18. The van der Waals surface area contributed by atoms with Crippen molar-refractivity contribution in [3.05, 3.63) is 75.7 Å². The van der Waals surface area contributed by atoms with Gasteiger partial charge < -0.3 is 15.0 Å². The van der Waals surface area contributed by atoms with Crippen molar-refractivity contribution >= 4 is 44.0 Å². The van der Waals surface area contributed by atoms with Crippen LogP contribution in [0.4, 0.5) is 15.5 Å². The second-order valence-corrected chi connectivity index (χ2v) is 10.9. The van der Waals surface area contributed by atoms with Crippen LogP contribution in [0.2, 0.25) is 0 Å². The molecule has 1 aromatic heterocycles. The van der Waals surface area contributed by atoms with E-state index in [-0.39, 0.29) is 29.3 Å². The number of hydrogen-bond donors (Lipinski definition) is 2.